The Morgan fingerprint density at radius 1 is 1.15 bits per heavy atom. The molecule has 9 heteroatoms. The van der Waals surface area contributed by atoms with Gasteiger partial charge in [-0.15, -0.1) is 0 Å². The molecule has 2 fully saturated rings. The monoisotopic (exact) mass is 522 g/mol. The van der Waals surface area contributed by atoms with Gasteiger partial charge in [-0.3, -0.25) is 14.4 Å². The van der Waals surface area contributed by atoms with Gasteiger partial charge in [0.25, 0.3) is 5.91 Å². The molecule has 2 aliphatic rings. The summed E-state index contributed by atoms with van der Waals surface area (Å²) in [5.74, 6) is -0.699. The van der Waals surface area contributed by atoms with Crippen LogP contribution in [0.3, 0.4) is 0 Å². The first-order valence-electron chi connectivity index (χ1n) is 11.1. The van der Waals surface area contributed by atoms with Crippen molar-refractivity contribution < 1.29 is 19.1 Å². The second-order valence-corrected chi connectivity index (χ2v) is 9.37. The summed E-state index contributed by atoms with van der Waals surface area (Å²) in [5, 5.41) is 2.91. The molecule has 2 aromatic carbocycles. The van der Waals surface area contributed by atoms with Crippen LogP contribution in [0, 0.1) is 0 Å². The standard InChI is InChI=1S/C25H23BrN4O4/c26-18-5-1-16(2-6-18)13-20(25(33)30-11-9-22-23(30)21(31)14-34-22)28-24(32)17-3-7-19(8-4-17)29-12-10-27-15-29/h1-8,10,12,15,20,22-23H,9,11,13-14H2,(H,28,32). The highest BCUT2D eigenvalue weighted by molar-refractivity contribution is 9.10. The topological polar surface area (TPSA) is 93.5 Å². The number of likely N-dealkylation sites (tertiary alicyclic amines) is 1. The molecule has 0 saturated carbocycles. The van der Waals surface area contributed by atoms with Crippen molar-refractivity contribution in [3.05, 3.63) is 82.9 Å². The molecular formula is C25H23BrN4O4. The van der Waals surface area contributed by atoms with E-state index in [-0.39, 0.29) is 30.3 Å². The number of Topliss-reactive ketones (excluding diaryl/α,β-unsaturated/α-hetero) is 1. The fourth-order valence-electron chi connectivity index (χ4n) is 4.54. The second kappa shape index (κ2) is 9.52. The molecule has 1 aromatic heterocycles. The van der Waals surface area contributed by atoms with Crippen LogP contribution in [0.25, 0.3) is 5.69 Å². The maximum absolute atomic E-state index is 13.6. The Morgan fingerprint density at radius 3 is 2.62 bits per heavy atom. The van der Waals surface area contributed by atoms with Crippen LogP contribution in [0.1, 0.15) is 22.3 Å². The van der Waals surface area contributed by atoms with E-state index in [1.165, 1.54) is 0 Å². The summed E-state index contributed by atoms with van der Waals surface area (Å²) in [6.07, 6.45) is 5.86. The molecular weight excluding hydrogens is 500 g/mol. The number of hydrogen-bond acceptors (Lipinski definition) is 5. The Hall–Kier alpha value is -3.30. The van der Waals surface area contributed by atoms with E-state index < -0.39 is 12.1 Å². The quantitative estimate of drug-likeness (QED) is 0.536. The van der Waals surface area contributed by atoms with Gasteiger partial charge in [-0.05, 0) is 48.4 Å². The van der Waals surface area contributed by atoms with Gasteiger partial charge in [0.05, 0.1) is 12.4 Å². The van der Waals surface area contributed by atoms with Gasteiger partial charge in [0.15, 0.2) is 5.78 Å². The van der Waals surface area contributed by atoms with Crippen LogP contribution in [-0.4, -0.2) is 63.4 Å². The number of ether oxygens (including phenoxy) is 1. The molecule has 174 valence electrons. The van der Waals surface area contributed by atoms with Gasteiger partial charge >= 0.3 is 0 Å². The first-order valence-corrected chi connectivity index (χ1v) is 11.9. The molecule has 3 aromatic rings. The van der Waals surface area contributed by atoms with E-state index in [4.69, 9.17) is 4.74 Å². The van der Waals surface area contributed by atoms with E-state index in [9.17, 15) is 14.4 Å². The van der Waals surface area contributed by atoms with Crippen LogP contribution in [0.15, 0.2) is 71.7 Å². The molecule has 3 atom stereocenters. The molecule has 2 aliphatic heterocycles. The van der Waals surface area contributed by atoms with Crippen LogP contribution in [0.2, 0.25) is 0 Å². The first kappa shape index (κ1) is 22.5. The predicted molar refractivity (Wildman–Crippen MR) is 128 cm³/mol. The van der Waals surface area contributed by atoms with Crippen molar-refractivity contribution in [3.8, 4) is 5.69 Å². The number of imidazole rings is 1. The van der Waals surface area contributed by atoms with Crippen molar-refractivity contribution >= 4 is 33.5 Å². The molecule has 3 heterocycles. The van der Waals surface area contributed by atoms with Crippen molar-refractivity contribution in [2.45, 2.75) is 31.0 Å². The number of carbonyl (C=O) groups excluding carboxylic acids is 3. The van der Waals surface area contributed by atoms with E-state index in [0.717, 1.165) is 15.7 Å². The number of benzene rings is 2. The highest BCUT2D eigenvalue weighted by Gasteiger charge is 2.48. The summed E-state index contributed by atoms with van der Waals surface area (Å²) < 4.78 is 8.30. The van der Waals surface area contributed by atoms with E-state index in [1.54, 1.807) is 29.6 Å². The first-order chi connectivity index (χ1) is 16.5. The number of ketones is 1. The van der Waals surface area contributed by atoms with E-state index in [1.807, 2.05) is 47.2 Å². The van der Waals surface area contributed by atoms with E-state index >= 15 is 0 Å². The molecule has 2 saturated heterocycles. The molecule has 0 aliphatic carbocycles. The lowest BCUT2D eigenvalue weighted by Gasteiger charge is -2.27. The lowest BCUT2D eigenvalue weighted by molar-refractivity contribution is -0.138. The van der Waals surface area contributed by atoms with Gasteiger partial charge in [0.2, 0.25) is 5.91 Å². The van der Waals surface area contributed by atoms with Crippen LogP contribution in [0.5, 0.6) is 0 Å². The molecule has 5 rings (SSSR count). The summed E-state index contributed by atoms with van der Waals surface area (Å²) in [5.41, 5.74) is 2.22. The van der Waals surface area contributed by atoms with Gasteiger partial charge in [-0.2, -0.15) is 0 Å². The van der Waals surface area contributed by atoms with Crippen LogP contribution >= 0.6 is 15.9 Å². The Morgan fingerprint density at radius 2 is 1.91 bits per heavy atom. The minimum absolute atomic E-state index is 0.0338. The average molecular weight is 523 g/mol. The van der Waals surface area contributed by atoms with Crippen molar-refractivity contribution in [1.82, 2.24) is 19.8 Å². The summed E-state index contributed by atoms with van der Waals surface area (Å²) >= 11 is 3.42. The zero-order valence-corrected chi connectivity index (χ0v) is 19.8. The Labute approximate surface area is 205 Å². The molecule has 0 spiro atoms. The smallest absolute Gasteiger partial charge is 0.251 e. The number of halogens is 1. The molecule has 1 N–H and O–H groups in total. The highest BCUT2D eigenvalue weighted by Crippen LogP contribution is 2.28. The molecule has 2 amide bonds. The number of carbonyl (C=O) groups is 3. The fourth-order valence-corrected chi connectivity index (χ4v) is 4.80. The maximum atomic E-state index is 13.6. The van der Waals surface area contributed by atoms with E-state index in [2.05, 4.69) is 26.2 Å². The van der Waals surface area contributed by atoms with Crippen molar-refractivity contribution in [1.29, 1.82) is 0 Å². The molecule has 34 heavy (non-hydrogen) atoms. The number of nitrogens with zero attached hydrogens (tertiary/aromatic N) is 3. The fraction of sp³-hybridized carbons (Fsp3) is 0.280. The number of hydrogen-bond donors (Lipinski definition) is 1. The molecule has 0 radical (unpaired) electrons. The summed E-state index contributed by atoms with van der Waals surface area (Å²) in [7, 11) is 0. The molecule has 0 bridgehead atoms. The van der Waals surface area contributed by atoms with Crippen LogP contribution < -0.4 is 5.32 Å². The predicted octanol–water partition coefficient (Wildman–Crippen LogP) is 2.54. The SMILES string of the molecule is O=C(NC(Cc1ccc(Br)cc1)C(=O)N1CCC2OCC(=O)C21)c1ccc(-n2ccnc2)cc1. The summed E-state index contributed by atoms with van der Waals surface area (Å²) in [6, 6.07) is 13.3. The van der Waals surface area contributed by atoms with Gasteiger partial charge in [0.1, 0.15) is 18.7 Å². The van der Waals surface area contributed by atoms with Gasteiger partial charge in [0, 0.05) is 41.1 Å². The van der Waals surface area contributed by atoms with Crippen LogP contribution in [0.4, 0.5) is 0 Å². The lowest BCUT2D eigenvalue weighted by atomic mass is 10.0. The second-order valence-electron chi connectivity index (χ2n) is 8.45. The Kier molecular flexibility index (Phi) is 6.30. The summed E-state index contributed by atoms with van der Waals surface area (Å²) in [4.78, 5) is 44.6. The number of aromatic nitrogens is 2. The summed E-state index contributed by atoms with van der Waals surface area (Å²) in [6.45, 7) is 0.471. The largest absolute Gasteiger partial charge is 0.368 e. The van der Waals surface area contributed by atoms with Gasteiger partial charge in [-0.25, -0.2) is 4.98 Å². The zero-order valence-electron chi connectivity index (χ0n) is 18.3. The lowest BCUT2D eigenvalue weighted by Crippen LogP contribution is -2.53. The molecule has 3 unspecified atom stereocenters. The van der Waals surface area contributed by atoms with Crippen molar-refractivity contribution in [3.63, 3.8) is 0 Å². The van der Waals surface area contributed by atoms with Crippen molar-refractivity contribution in [2.24, 2.45) is 0 Å². The minimum atomic E-state index is -0.811. The minimum Gasteiger partial charge on any atom is -0.368 e. The third kappa shape index (κ3) is 4.53. The normalized spacial score (nSPS) is 20.3. The number of nitrogens with one attached hydrogen (secondary N) is 1. The maximum Gasteiger partial charge on any atom is 0.251 e. The number of amides is 2. The van der Waals surface area contributed by atoms with Crippen molar-refractivity contribution in [2.75, 3.05) is 13.2 Å². The van der Waals surface area contributed by atoms with Gasteiger partial charge in [-0.1, -0.05) is 28.1 Å². The third-order valence-electron chi connectivity index (χ3n) is 6.28. The average Bonchev–Trinajstić information content (AvgIpc) is 3.60. The van der Waals surface area contributed by atoms with Crippen LogP contribution in [-0.2, 0) is 20.7 Å². The Balaban J connectivity index is 1.36. The highest BCUT2D eigenvalue weighted by atomic mass is 79.9. The zero-order chi connectivity index (χ0) is 23.7. The number of fused-ring (bicyclic) bond motifs is 1. The molecule has 8 nitrogen and oxygen atoms in total. The third-order valence-corrected chi connectivity index (χ3v) is 6.81. The Bertz CT molecular complexity index is 1190. The van der Waals surface area contributed by atoms with Gasteiger partial charge < -0.3 is 19.5 Å². The number of rotatable bonds is 6. The van der Waals surface area contributed by atoms with E-state index in [0.29, 0.717) is 24.9 Å².